The van der Waals surface area contributed by atoms with Gasteiger partial charge in [0.15, 0.2) is 0 Å². The molecule has 0 radical (unpaired) electrons. The fourth-order valence-corrected chi connectivity index (χ4v) is 0.766. The smallest absolute Gasteiger partial charge is 0.205 e. The van der Waals surface area contributed by atoms with Crippen molar-refractivity contribution >= 4 is 16.2 Å². The Balaban J connectivity index is 3.91. The van der Waals surface area contributed by atoms with Gasteiger partial charge in [-0.15, -0.1) is 0 Å². The number of hydrogen-bond donors (Lipinski definition) is 0. The average Bonchev–Trinajstić information content (AvgIpc) is 1.94. The summed E-state index contributed by atoms with van der Waals surface area (Å²) in [6.45, 7) is 2.02. The predicted octanol–water partition coefficient (Wildman–Crippen LogP) is 1.54. The Kier molecular flexibility index (Phi) is 5.28. The van der Waals surface area contributed by atoms with E-state index in [9.17, 15) is 8.42 Å². The van der Waals surface area contributed by atoms with Gasteiger partial charge in [0.25, 0.3) is 0 Å². The van der Waals surface area contributed by atoms with Gasteiger partial charge in [0.05, 0.1) is 6.26 Å². The topological polar surface area (TPSA) is 46.5 Å². The summed E-state index contributed by atoms with van der Waals surface area (Å²) >= 11 is 0. The maximum absolute atomic E-state index is 10.5. The Hall–Kier alpha value is -0.900. The molecule has 4 heteroatoms. The maximum Gasteiger partial charge on any atom is 0.250 e. The molecule has 0 heterocycles. The molecule has 0 aliphatic heterocycles. The van der Waals surface area contributed by atoms with Gasteiger partial charge >= 0.3 is 0 Å². The second-order valence-electron chi connectivity index (χ2n) is 2.21. The fraction of sp³-hybridized carbons (Fsp3) is 0.375. The van der Waals surface area contributed by atoms with E-state index >= 15 is 0 Å². The van der Waals surface area contributed by atoms with Gasteiger partial charge < -0.3 is 0 Å². The van der Waals surface area contributed by atoms with Crippen LogP contribution in [0.1, 0.15) is 13.3 Å². The Morgan fingerprint density at radius 3 is 2.42 bits per heavy atom. The molecule has 0 fully saturated rings. The van der Waals surface area contributed by atoms with Crippen LogP contribution in [0.5, 0.6) is 0 Å². The molecule has 0 atom stereocenters. The van der Waals surface area contributed by atoms with Crippen LogP contribution < -0.4 is 0 Å². The molecule has 68 valence electrons. The molecule has 0 N–H and O–H groups in total. The van der Waals surface area contributed by atoms with Crippen molar-refractivity contribution in [3.8, 4) is 0 Å². The first kappa shape index (κ1) is 11.1. The van der Waals surface area contributed by atoms with Crippen molar-refractivity contribution in [2.24, 2.45) is 4.40 Å². The van der Waals surface area contributed by atoms with Gasteiger partial charge in [-0.05, 0) is 12.5 Å². The summed E-state index contributed by atoms with van der Waals surface area (Å²) in [5.41, 5.74) is 0. The highest BCUT2D eigenvalue weighted by Crippen LogP contribution is 1.83. The highest BCUT2D eigenvalue weighted by Gasteiger charge is 1.89. The van der Waals surface area contributed by atoms with E-state index in [0.717, 1.165) is 12.7 Å². The molecule has 0 aliphatic carbocycles. The number of allylic oxidation sites excluding steroid dienone is 4. The number of sulfonamides is 1. The second-order valence-corrected chi connectivity index (χ2v) is 3.89. The zero-order valence-electron chi connectivity index (χ0n) is 7.27. The quantitative estimate of drug-likeness (QED) is 0.495. The van der Waals surface area contributed by atoms with Crippen molar-refractivity contribution in [3.05, 3.63) is 24.3 Å². The summed E-state index contributed by atoms with van der Waals surface area (Å²) in [5, 5.41) is 0. The van der Waals surface area contributed by atoms with Gasteiger partial charge in [-0.2, -0.15) is 4.40 Å². The zero-order valence-corrected chi connectivity index (χ0v) is 8.08. The summed E-state index contributed by atoms with van der Waals surface area (Å²) in [7, 11) is -3.22. The van der Waals surface area contributed by atoms with Crippen LogP contribution in [-0.4, -0.2) is 20.9 Å². The third-order valence-electron chi connectivity index (χ3n) is 0.932. The summed E-state index contributed by atoms with van der Waals surface area (Å²) in [6, 6.07) is 0. The zero-order chi connectivity index (χ0) is 9.45. The molecule has 0 bridgehead atoms. The number of nitrogens with zero attached hydrogens (tertiary/aromatic N) is 1. The number of rotatable bonds is 4. The highest BCUT2D eigenvalue weighted by molar-refractivity contribution is 7.89. The van der Waals surface area contributed by atoms with E-state index < -0.39 is 10.0 Å². The van der Waals surface area contributed by atoms with Crippen LogP contribution in [0.2, 0.25) is 0 Å². The van der Waals surface area contributed by atoms with Gasteiger partial charge in [0, 0.05) is 6.21 Å². The SMILES string of the molecule is CC/C=C/C=C\C=N\S(C)(=O)=O. The van der Waals surface area contributed by atoms with E-state index in [1.54, 1.807) is 12.2 Å². The van der Waals surface area contributed by atoms with Crippen molar-refractivity contribution in [1.82, 2.24) is 0 Å². The third kappa shape index (κ3) is 9.10. The molecule has 0 aromatic heterocycles. The second kappa shape index (κ2) is 5.71. The molecule has 0 aromatic rings. The summed E-state index contributed by atoms with van der Waals surface area (Å²) in [5.74, 6) is 0. The standard InChI is InChI=1S/C8H13NO2S/c1-3-4-5-6-7-8-9-12(2,10)11/h4-8H,3H2,1-2H3/b5-4+,7-6-,9-8+. The van der Waals surface area contributed by atoms with Crippen molar-refractivity contribution in [3.63, 3.8) is 0 Å². The summed E-state index contributed by atoms with van der Waals surface area (Å²) in [4.78, 5) is 0. The van der Waals surface area contributed by atoms with Crippen LogP contribution in [0.15, 0.2) is 28.7 Å². The molecule has 3 nitrogen and oxygen atoms in total. The van der Waals surface area contributed by atoms with Crippen LogP contribution in [0.3, 0.4) is 0 Å². The molecule has 0 spiro atoms. The van der Waals surface area contributed by atoms with E-state index in [0.29, 0.717) is 0 Å². The molecule has 0 amide bonds. The third-order valence-corrected chi connectivity index (χ3v) is 1.44. The summed E-state index contributed by atoms with van der Waals surface area (Å²) < 4.78 is 24.2. The Labute approximate surface area is 73.6 Å². The minimum Gasteiger partial charge on any atom is -0.205 e. The lowest BCUT2D eigenvalue weighted by Gasteiger charge is -1.80. The number of hydrogen-bond acceptors (Lipinski definition) is 2. The lowest BCUT2D eigenvalue weighted by Crippen LogP contribution is -1.88. The minimum atomic E-state index is -3.22. The van der Waals surface area contributed by atoms with E-state index in [1.807, 2.05) is 19.1 Å². The van der Waals surface area contributed by atoms with Crippen molar-refractivity contribution in [2.45, 2.75) is 13.3 Å². The van der Waals surface area contributed by atoms with Gasteiger partial charge in [-0.25, -0.2) is 8.42 Å². The van der Waals surface area contributed by atoms with Gasteiger partial charge in [0.1, 0.15) is 0 Å². The van der Waals surface area contributed by atoms with E-state index in [2.05, 4.69) is 4.40 Å². The fourth-order valence-electron chi connectivity index (χ4n) is 0.474. The average molecular weight is 187 g/mol. The molecule has 0 unspecified atom stereocenters. The van der Waals surface area contributed by atoms with Crippen molar-refractivity contribution < 1.29 is 8.42 Å². The van der Waals surface area contributed by atoms with E-state index in [-0.39, 0.29) is 0 Å². The minimum absolute atomic E-state index is 0.966. The Morgan fingerprint density at radius 2 is 1.92 bits per heavy atom. The molecule has 0 saturated carbocycles. The molecular formula is C8H13NO2S. The molecule has 0 saturated heterocycles. The van der Waals surface area contributed by atoms with E-state index in [1.165, 1.54) is 6.21 Å². The Bertz CT molecular complexity index is 286. The highest BCUT2D eigenvalue weighted by atomic mass is 32.2. The lowest BCUT2D eigenvalue weighted by molar-refractivity contribution is 0.604. The van der Waals surface area contributed by atoms with Gasteiger partial charge in [0.2, 0.25) is 10.0 Å². The van der Waals surface area contributed by atoms with Crippen LogP contribution in [0.25, 0.3) is 0 Å². The molecule has 0 aromatic carbocycles. The first-order valence-corrected chi connectivity index (χ1v) is 5.48. The predicted molar refractivity (Wildman–Crippen MR) is 51.9 cm³/mol. The monoisotopic (exact) mass is 187 g/mol. The van der Waals surface area contributed by atoms with Gasteiger partial charge in [-0.3, -0.25) is 0 Å². The molecular weight excluding hydrogens is 174 g/mol. The van der Waals surface area contributed by atoms with Crippen LogP contribution in [0.4, 0.5) is 0 Å². The maximum atomic E-state index is 10.5. The van der Waals surface area contributed by atoms with Crippen molar-refractivity contribution in [2.75, 3.05) is 6.26 Å². The Morgan fingerprint density at radius 1 is 1.25 bits per heavy atom. The molecule has 0 rings (SSSR count). The van der Waals surface area contributed by atoms with Crippen molar-refractivity contribution in [1.29, 1.82) is 0 Å². The lowest BCUT2D eigenvalue weighted by atomic mass is 10.4. The molecule has 12 heavy (non-hydrogen) atoms. The first-order chi connectivity index (χ1) is 5.56. The van der Waals surface area contributed by atoms with Gasteiger partial charge in [-0.1, -0.05) is 25.2 Å². The van der Waals surface area contributed by atoms with Crippen LogP contribution in [-0.2, 0) is 10.0 Å². The van der Waals surface area contributed by atoms with Crippen LogP contribution in [0, 0.1) is 0 Å². The largest absolute Gasteiger partial charge is 0.250 e. The van der Waals surface area contributed by atoms with Crippen LogP contribution >= 0.6 is 0 Å². The first-order valence-electron chi connectivity index (χ1n) is 3.63. The molecule has 0 aliphatic rings. The van der Waals surface area contributed by atoms with E-state index in [4.69, 9.17) is 0 Å². The normalized spacial score (nSPS) is 13.8. The summed E-state index contributed by atoms with van der Waals surface area (Å²) in [6.07, 6.45) is 10.4.